The number of Topliss-reactive ketones (excluding diaryl/α,β-unsaturated/α-hetero) is 1. The minimum atomic E-state index is 0.240. The number of carbonyl (C=O) groups excluding carboxylic acids is 1. The highest BCUT2D eigenvalue weighted by molar-refractivity contribution is 14.1. The Kier molecular flexibility index (Phi) is 3.75. The van der Waals surface area contributed by atoms with Crippen LogP contribution in [0.15, 0.2) is 24.3 Å². The Labute approximate surface area is 104 Å². The first kappa shape index (κ1) is 11.1. The molecule has 1 aliphatic rings. The monoisotopic (exact) mass is 315 g/mol. The van der Waals surface area contributed by atoms with Gasteiger partial charge in [0.1, 0.15) is 5.78 Å². The first-order chi connectivity index (χ1) is 7.25. The Morgan fingerprint density at radius 2 is 2.13 bits per heavy atom. The third-order valence-electron chi connectivity index (χ3n) is 2.81. The van der Waals surface area contributed by atoms with Crippen LogP contribution >= 0.6 is 22.6 Å². The van der Waals surface area contributed by atoms with Gasteiger partial charge in [0.15, 0.2) is 0 Å². The molecule has 1 unspecified atom stereocenters. The van der Waals surface area contributed by atoms with E-state index in [1.807, 2.05) is 12.1 Å². The number of benzene rings is 1. The van der Waals surface area contributed by atoms with Crippen LogP contribution in [0, 0.1) is 9.49 Å². The third-order valence-corrected chi connectivity index (χ3v) is 3.53. The largest absolute Gasteiger partial charge is 0.316 e. The maximum absolute atomic E-state index is 11.9. The Hall–Kier alpha value is -0.420. The summed E-state index contributed by atoms with van der Waals surface area (Å²) >= 11 is 2.27. The molecule has 0 amide bonds. The Morgan fingerprint density at radius 3 is 2.73 bits per heavy atom. The third kappa shape index (κ3) is 3.01. The fraction of sp³-hybridized carbons (Fsp3) is 0.417. The molecule has 1 N–H and O–H groups in total. The standard InChI is InChI=1S/C12H14INO/c13-11-3-1-9(2-4-11)7-12(15)10-5-6-14-8-10/h1-4,10,14H,5-8H2. The van der Waals surface area contributed by atoms with Crippen molar-refractivity contribution >= 4 is 28.4 Å². The minimum Gasteiger partial charge on any atom is -0.316 e. The molecule has 1 fully saturated rings. The van der Waals surface area contributed by atoms with Crippen LogP contribution in [0.4, 0.5) is 0 Å². The zero-order valence-electron chi connectivity index (χ0n) is 8.50. The summed E-state index contributed by atoms with van der Waals surface area (Å²) in [6.07, 6.45) is 1.59. The van der Waals surface area contributed by atoms with Crippen LogP contribution in [0.2, 0.25) is 0 Å². The van der Waals surface area contributed by atoms with Gasteiger partial charge < -0.3 is 5.32 Å². The van der Waals surface area contributed by atoms with E-state index < -0.39 is 0 Å². The van der Waals surface area contributed by atoms with Crippen molar-refractivity contribution in [2.75, 3.05) is 13.1 Å². The van der Waals surface area contributed by atoms with Crippen LogP contribution in [0.3, 0.4) is 0 Å². The van der Waals surface area contributed by atoms with Gasteiger partial charge in [0, 0.05) is 22.5 Å². The normalized spacial score (nSPS) is 20.5. The van der Waals surface area contributed by atoms with Gasteiger partial charge in [-0.15, -0.1) is 0 Å². The maximum atomic E-state index is 11.9. The second kappa shape index (κ2) is 5.07. The van der Waals surface area contributed by atoms with E-state index in [2.05, 4.69) is 40.0 Å². The topological polar surface area (TPSA) is 29.1 Å². The molecule has 1 atom stereocenters. The van der Waals surface area contributed by atoms with Gasteiger partial charge in [-0.2, -0.15) is 0 Å². The average molecular weight is 315 g/mol. The van der Waals surface area contributed by atoms with Crippen molar-refractivity contribution < 1.29 is 4.79 Å². The summed E-state index contributed by atoms with van der Waals surface area (Å²) in [5, 5.41) is 3.23. The Bertz CT molecular complexity index is 341. The number of hydrogen-bond acceptors (Lipinski definition) is 2. The van der Waals surface area contributed by atoms with E-state index in [9.17, 15) is 4.79 Å². The number of hydrogen-bond donors (Lipinski definition) is 1. The van der Waals surface area contributed by atoms with Crippen molar-refractivity contribution in [3.8, 4) is 0 Å². The van der Waals surface area contributed by atoms with Crippen LogP contribution in [0.5, 0.6) is 0 Å². The molecule has 0 saturated carbocycles. The van der Waals surface area contributed by atoms with Gasteiger partial charge in [0.05, 0.1) is 0 Å². The molecule has 1 saturated heterocycles. The van der Waals surface area contributed by atoms with Crippen LogP contribution < -0.4 is 5.32 Å². The second-order valence-electron chi connectivity index (χ2n) is 3.96. The van der Waals surface area contributed by atoms with Gasteiger partial charge in [0.25, 0.3) is 0 Å². The van der Waals surface area contributed by atoms with Crippen LogP contribution in [0.1, 0.15) is 12.0 Å². The summed E-state index contributed by atoms with van der Waals surface area (Å²) in [5.41, 5.74) is 1.13. The molecule has 1 heterocycles. The number of rotatable bonds is 3. The highest BCUT2D eigenvalue weighted by Crippen LogP contribution is 2.13. The molecule has 0 bridgehead atoms. The lowest BCUT2D eigenvalue weighted by molar-refractivity contribution is -0.121. The zero-order valence-corrected chi connectivity index (χ0v) is 10.7. The summed E-state index contributed by atoms with van der Waals surface area (Å²) in [7, 11) is 0. The second-order valence-corrected chi connectivity index (χ2v) is 5.20. The molecule has 80 valence electrons. The number of halogens is 1. The van der Waals surface area contributed by atoms with E-state index in [-0.39, 0.29) is 5.92 Å². The SMILES string of the molecule is O=C(Cc1ccc(I)cc1)C1CCNC1. The Morgan fingerprint density at radius 1 is 1.40 bits per heavy atom. The fourth-order valence-corrected chi connectivity index (χ4v) is 2.24. The fourth-order valence-electron chi connectivity index (χ4n) is 1.88. The van der Waals surface area contributed by atoms with Crippen molar-refractivity contribution in [2.24, 2.45) is 5.92 Å². The summed E-state index contributed by atoms with van der Waals surface area (Å²) < 4.78 is 1.21. The van der Waals surface area contributed by atoms with Crippen molar-refractivity contribution in [3.63, 3.8) is 0 Å². The van der Waals surface area contributed by atoms with Gasteiger partial charge in [-0.25, -0.2) is 0 Å². The molecule has 3 heteroatoms. The van der Waals surface area contributed by atoms with Gasteiger partial charge in [-0.3, -0.25) is 4.79 Å². The van der Waals surface area contributed by atoms with Gasteiger partial charge in [-0.05, 0) is 53.3 Å². The molecule has 1 aliphatic heterocycles. The summed E-state index contributed by atoms with van der Waals surface area (Å²) in [6, 6.07) is 8.19. The van der Waals surface area contributed by atoms with E-state index in [1.165, 1.54) is 3.57 Å². The highest BCUT2D eigenvalue weighted by atomic mass is 127. The van der Waals surface area contributed by atoms with Crippen molar-refractivity contribution in [2.45, 2.75) is 12.8 Å². The smallest absolute Gasteiger partial charge is 0.141 e. The molecule has 0 spiro atoms. The highest BCUT2D eigenvalue weighted by Gasteiger charge is 2.21. The average Bonchev–Trinajstić information content (AvgIpc) is 2.74. The van der Waals surface area contributed by atoms with Crippen molar-refractivity contribution in [1.82, 2.24) is 5.32 Å². The molecule has 1 aromatic carbocycles. The minimum absolute atomic E-state index is 0.240. The summed E-state index contributed by atoms with van der Waals surface area (Å²) in [4.78, 5) is 11.9. The number of nitrogens with one attached hydrogen (secondary N) is 1. The van der Waals surface area contributed by atoms with E-state index in [1.54, 1.807) is 0 Å². The first-order valence-electron chi connectivity index (χ1n) is 5.23. The molecule has 0 radical (unpaired) electrons. The lowest BCUT2D eigenvalue weighted by atomic mass is 9.97. The first-order valence-corrected chi connectivity index (χ1v) is 6.31. The summed E-state index contributed by atoms with van der Waals surface area (Å²) in [5.74, 6) is 0.616. The maximum Gasteiger partial charge on any atom is 0.141 e. The lowest BCUT2D eigenvalue weighted by Crippen LogP contribution is -2.19. The zero-order chi connectivity index (χ0) is 10.7. The van der Waals surface area contributed by atoms with Gasteiger partial charge >= 0.3 is 0 Å². The van der Waals surface area contributed by atoms with E-state index in [0.29, 0.717) is 12.2 Å². The predicted molar refractivity (Wildman–Crippen MR) is 68.8 cm³/mol. The van der Waals surface area contributed by atoms with Gasteiger partial charge in [0.2, 0.25) is 0 Å². The molecule has 0 aromatic heterocycles. The van der Waals surface area contributed by atoms with Crippen LogP contribution in [0.25, 0.3) is 0 Å². The Balaban J connectivity index is 1.96. The van der Waals surface area contributed by atoms with Crippen molar-refractivity contribution in [3.05, 3.63) is 33.4 Å². The predicted octanol–water partition coefficient (Wildman–Crippen LogP) is 2.01. The van der Waals surface area contributed by atoms with E-state index in [4.69, 9.17) is 0 Å². The van der Waals surface area contributed by atoms with Gasteiger partial charge in [-0.1, -0.05) is 12.1 Å². The molecule has 2 rings (SSSR count). The molecule has 0 aliphatic carbocycles. The molecule has 15 heavy (non-hydrogen) atoms. The number of carbonyl (C=O) groups is 1. The van der Waals surface area contributed by atoms with Crippen LogP contribution in [-0.2, 0) is 11.2 Å². The van der Waals surface area contributed by atoms with E-state index >= 15 is 0 Å². The lowest BCUT2D eigenvalue weighted by Gasteiger charge is -2.06. The van der Waals surface area contributed by atoms with E-state index in [0.717, 1.165) is 25.1 Å². The molecule has 1 aromatic rings. The van der Waals surface area contributed by atoms with Crippen LogP contribution in [-0.4, -0.2) is 18.9 Å². The van der Waals surface area contributed by atoms with Crippen molar-refractivity contribution in [1.29, 1.82) is 0 Å². The summed E-state index contributed by atoms with van der Waals surface area (Å²) in [6.45, 7) is 1.85. The number of ketones is 1. The molecular formula is C12H14INO. The molecule has 2 nitrogen and oxygen atoms in total. The quantitative estimate of drug-likeness (QED) is 0.865. The molecular weight excluding hydrogens is 301 g/mol.